The molecule has 7 nitrogen and oxygen atoms in total. The standard InChI is InChI=1S/C14H20BN2O5S/c1-8(2)11(17(4)15-7-18)5-12(22-9(3)19)13-16-10(6-23-13)14(20)21/h6-8,11-12H,5H2,1-4H3,(H,20,21)/t11-,12+/m0/s1. The maximum atomic E-state index is 11.4. The first-order chi connectivity index (χ1) is 10.8. The van der Waals surface area contributed by atoms with Gasteiger partial charge in [0.25, 0.3) is 7.41 Å². The van der Waals surface area contributed by atoms with Crippen molar-refractivity contribution in [1.29, 1.82) is 0 Å². The Kier molecular flexibility index (Phi) is 7.37. The zero-order chi connectivity index (χ0) is 17.6. The maximum Gasteiger partial charge on any atom is 0.355 e. The summed E-state index contributed by atoms with van der Waals surface area (Å²) in [6.45, 7) is 5.29. The predicted octanol–water partition coefficient (Wildman–Crippen LogP) is 1.60. The molecule has 1 radical (unpaired) electrons. The van der Waals surface area contributed by atoms with Crippen molar-refractivity contribution in [2.24, 2.45) is 5.92 Å². The Morgan fingerprint density at radius 1 is 1.52 bits per heavy atom. The van der Waals surface area contributed by atoms with Gasteiger partial charge in [-0.15, -0.1) is 11.3 Å². The lowest BCUT2D eigenvalue weighted by Crippen LogP contribution is -2.40. The average molecular weight is 339 g/mol. The molecule has 0 saturated carbocycles. The van der Waals surface area contributed by atoms with Gasteiger partial charge in [0, 0.05) is 24.8 Å². The first kappa shape index (κ1) is 19.3. The van der Waals surface area contributed by atoms with Gasteiger partial charge in [-0.1, -0.05) is 13.8 Å². The fourth-order valence-corrected chi connectivity index (χ4v) is 3.10. The lowest BCUT2D eigenvalue weighted by molar-refractivity contribution is -0.147. The number of hydrogen-bond donors (Lipinski definition) is 1. The number of esters is 1. The second-order valence-corrected chi connectivity index (χ2v) is 6.36. The number of ether oxygens (including phenoxy) is 1. The highest BCUT2D eigenvalue weighted by Crippen LogP contribution is 2.29. The van der Waals surface area contributed by atoms with E-state index in [0.29, 0.717) is 17.6 Å². The Labute approximate surface area is 139 Å². The SMILES string of the molecule is CC(=O)O[C@H](C[C@@H](C(C)C)N(C)[B]C=O)c1nc(C(=O)O)cs1. The zero-order valence-electron chi connectivity index (χ0n) is 13.6. The van der Waals surface area contributed by atoms with Gasteiger partial charge >= 0.3 is 11.9 Å². The minimum Gasteiger partial charge on any atom is -0.476 e. The summed E-state index contributed by atoms with van der Waals surface area (Å²) in [5.74, 6) is -1.40. The number of hydrogen-bond acceptors (Lipinski definition) is 7. The highest BCUT2D eigenvalue weighted by molar-refractivity contribution is 7.09. The summed E-state index contributed by atoms with van der Waals surface area (Å²) in [5, 5.41) is 10.8. The molecule has 1 rings (SSSR count). The van der Waals surface area contributed by atoms with Gasteiger partial charge < -0.3 is 19.4 Å². The van der Waals surface area contributed by atoms with Crippen LogP contribution >= 0.6 is 11.3 Å². The van der Waals surface area contributed by atoms with E-state index >= 15 is 0 Å². The van der Waals surface area contributed by atoms with Gasteiger partial charge in [0.15, 0.2) is 11.8 Å². The molecular formula is C14H20BN2O5S. The first-order valence-electron chi connectivity index (χ1n) is 7.12. The number of thiazole rings is 1. The lowest BCUT2D eigenvalue weighted by atomic mass is 9.86. The van der Waals surface area contributed by atoms with E-state index in [4.69, 9.17) is 9.84 Å². The van der Waals surface area contributed by atoms with E-state index in [2.05, 4.69) is 4.98 Å². The van der Waals surface area contributed by atoms with Crippen molar-refractivity contribution in [3.05, 3.63) is 16.1 Å². The Morgan fingerprint density at radius 2 is 2.17 bits per heavy atom. The van der Waals surface area contributed by atoms with E-state index in [1.54, 1.807) is 11.9 Å². The van der Waals surface area contributed by atoms with Crippen molar-refractivity contribution >= 4 is 36.9 Å². The van der Waals surface area contributed by atoms with E-state index in [1.165, 1.54) is 19.7 Å². The normalized spacial score (nSPS) is 13.7. The molecule has 9 heteroatoms. The van der Waals surface area contributed by atoms with Gasteiger partial charge in [-0.2, -0.15) is 0 Å². The molecule has 0 bridgehead atoms. The molecule has 1 aromatic heterocycles. The van der Waals surface area contributed by atoms with E-state index in [1.807, 2.05) is 13.8 Å². The number of carbonyl (C=O) groups excluding carboxylic acids is 2. The number of rotatable bonds is 9. The lowest BCUT2D eigenvalue weighted by Gasteiger charge is -2.32. The third-order valence-corrected chi connectivity index (χ3v) is 4.31. The highest BCUT2D eigenvalue weighted by Gasteiger charge is 2.28. The third-order valence-electron chi connectivity index (χ3n) is 3.37. The third kappa shape index (κ3) is 5.76. The Morgan fingerprint density at radius 3 is 2.61 bits per heavy atom. The second-order valence-electron chi connectivity index (χ2n) is 5.47. The molecule has 0 amide bonds. The van der Waals surface area contributed by atoms with Gasteiger partial charge in [-0.05, 0) is 13.0 Å². The van der Waals surface area contributed by atoms with Crippen molar-refractivity contribution in [2.75, 3.05) is 7.05 Å². The number of carboxylic acids is 1. The topological polar surface area (TPSA) is 96.8 Å². The van der Waals surface area contributed by atoms with Crippen molar-refractivity contribution in [1.82, 2.24) is 9.79 Å². The summed E-state index contributed by atoms with van der Waals surface area (Å²) in [5.41, 5.74) is -0.0731. The van der Waals surface area contributed by atoms with Crippen molar-refractivity contribution in [3.63, 3.8) is 0 Å². The molecular weight excluding hydrogens is 319 g/mol. The fourth-order valence-electron chi connectivity index (χ4n) is 2.27. The summed E-state index contributed by atoms with van der Waals surface area (Å²) in [4.78, 5) is 38.8. The second kappa shape index (κ2) is 8.78. The van der Waals surface area contributed by atoms with Crippen LogP contribution in [0.1, 0.15) is 48.8 Å². The fraction of sp³-hybridized carbons (Fsp3) is 0.571. The van der Waals surface area contributed by atoms with Crippen LogP contribution in [0.5, 0.6) is 0 Å². The van der Waals surface area contributed by atoms with E-state index < -0.39 is 18.0 Å². The highest BCUT2D eigenvalue weighted by atomic mass is 32.1. The molecule has 0 aliphatic carbocycles. The van der Waals surface area contributed by atoms with Crippen LogP contribution in [0.15, 0.2) is 5.38 Å². The smallest absolute Gasteiger partial charge is 0.355 e. The van der Waals surface area contributed by atoms with E-state index in [9.17, 15) is 14.4 Å². The minimum atomic E-state index is -1.12. The Bertz CT molecular complexity index is 563. The summed E-state index contributed by atoms with van der Waals surface area (Å²) >= 11 is 1.14. The molecule has 0 aromatic carbocycles. The van der Waals surface area contributed by atoms with Crippen LogP contribution < -0.4 is 0 Å². The first-order valence-corrected chi connectivity index (χ1v) is 8.00. The van der Waals surface area contributed by atoms with Crippen LogP contribution in [-0.2, 0) is 14.3 Å². The summed E-state index contributed by atoms with van der Waals surface area (Å²) in [6.07, 6.45) is 0.452. The van der Waals surface area contributed by atoms with E-state index in [0.717, 1.165) is 11.3 Å². The molecule has 0 unspecified atom stereocenters. The van der Waals surface area contributed by atoms with Crippen LogP contribution in [0.25, 0.3) is 0 Å². The zero-order valence-corrected chi connectivity index (χ0v) is 14.4. The van der Waals surface area contributed by atoms with E-state index in [-0.39, 0.29) is 17.7 Å². The molecule has 1 N–H and O–H groups in total. The molecule has 0 spiro atoms. The number of carbonyl (C=O) groups is 3. The largest absolute Gasteiger partial charge is 0.476 e. The number of aromatic nitrogens is 1. The van der Waals surface area contributed by atoms with Crippen LogP contribution in [0.4, 0.5) is 0 Å². The molecule has 0 fully saturated rings. The monoisotopic (exact) mass is 339 g/mol. The molecule has 23 heavy (non-hydrogen) atoms. The Balaban J connectivity index is 3.01. The number of carboxylic acid groups (broad SMARTS) is 1. The maximum absolute atomic E-state index is 11.4. The van der Waals surface area contributed by atoms with Crippen molar-refractivity contribution in [2.45, 2.75) is 39.3 Å². The van der Waals surface area contributed by atoms with Gasteiger partial charge in [0.1, 0.15) is 5.01 Å². The summed E-state index contributed by atoms with van der Waals surface area (Å²) in [7, 11) is 3.19. The molecule has 0 aliphatic heterocycles. The summed E-state index contributed by atoms with van der Waals surface area (Å²) < 4.78 is 5.33. The summed E-state index contributed by atoms with van der Waals surface area (Å²) in [6, 6.07) is -0.0678. The van der Waals surface area contributed by atoms with Crippen LogP contribution in [0.3, 0.4) is 0 Å². The molecule has 2 atom stereocenters. The average Bonchev–Trinajstić information content (AvgIpc) is 2.92. The van der Waals surface area contributed by atoms with Gasteiger partial charge in [-0.3, -0.25) is 4.79 Å². The van der Waals surface area contributed by atoms with Crippen LogP contribution in [0, 0.1) is 5.92 Å². The molecule has 125 valence electrons. The van der Waals surface area contributed by atoms with Gasteiger partial charge in [0.05, 0.1) is 6.19 Å². The quantitative estimate of drug-likeness (QED) is 0.415. The van der Waals surface area contributed by atoms with Crippen molar-refractivity contribution in [3.8, 4) is 0 Å². The molecule has 0 aliphatic rings. The predicted molar refractivity (Wildman–Crippen MR) is 87.1 cm³/mol. The Hall–Kier alpha value is -1.74. The van der Waals surface area contributed by atoms with Gasteiger partial charge in [0.2, 0.25) is 0 Å². The van der Waals surface area contributed by atoms with Crippen LogP contribution in [0.2, 0.25) is 0 Å². The molecule has 1 heterocycles. The number of aromatic carboxylic acids is 1. The minimum absolute atomic E-state index is 0.0678. The number of nitrogens with zero attached hydrogens (tertiary/aromatic N) is 2. The van der Waals surface area contributed by atoms with Crippen LogP contribution in [-0.4, -0.2) is 53.5 Å². The van der Waals surface area contributed by atoms with Crippen molar-refractivity contribution < 1.29 is 24.2 Å². The van der Waals surface area contributed by atoms with Gasteiger partial charge in [-0.25, -0.2) is 9.78 Å². The molecule has 0 saturated heterocycles. The molecule has 1 aromatic rings.